The fourth-order valence-corrected chi connectivity index (χ4v) is 4.58. The van der Waals surface area contributed by atoms with Gasteiger partial charge in [-0.3, -0.25) is 4.79 Å². The molecular weight excluding hydrogens is 582 g/mol. The Labute approximate surface area is 239 Å². The van der Waals surface area contributed by atoms with Crippen LogP contribution < -0.4 is 5.73 Å². The number of imidazole rings is 1. The maximum Gasteiger partial charge on any atom is 0.416 e. The minimum Gasteiger partial charge on any atom is -0.366 e. The first-order chi connectivity index (χ1) is 20.2. The van der Waals surface area contributed by atoms with Gasteiger partial charge in [-0.1, -0.05) is 12.1 Å². The molecule has 1 aromatic heterocycles. The van der Waals surface area contributed by atoms with Crippen LogP contribution in [-0.4, -0.2) is 15.5 Å². The number of hydrogen-bond acceptors (Lipinski definition) is 2. The highest BCUT2D eigenvalue weighted by Crippen LogP contribution is 2.41. The van der Waals surface area contributed by atoms with E-state index in [1.54, 1.807) is 0 Å². The first-order valence-electron chi connectivity index (χ1n) is 12.5. The second-order valence-corrected chi connectivity index (χ2v) is 9.59. The fourth-order valence-electron chi connectivity index (χ4n) is 4.58. The van der Waals surface area contributed by atoms with Crippen molar-refractivity contribution in [3.8, 4) is 33.9 Å². The van der Waals surface area contributed by atoms with Gasteiger partial charge in [-0.2, -0.15) is 26.3 Å². The monoisotopic (exact) mass is 601 g/mol. The Morgan fingerprint density at radius 2 is 1.16 bits per heavy atom. The fraction of sp³-hybridized carbons (Fsp3) is 0.0968. The molecule has 4 nitrogen and oxygen atoms in total. The molecule has 0 radical (unpaired) electrons. The van der Waals surface area contributed by atoms with Crippen molar-refractivity contribution in [1.29, 1.82) is 0 Å². The van der Waals surface area contributed by atoms with E-state index < -0.39 is 46.6 Å². The van der Waals surface area contributed by atoms with Crippen LogP contribution in [-0.2, 0) is 18.9 Å². The zero-order valence-electron chi connectivity index (χ0n) is 21.8. The molecule has 4 aromatic carbocycles. The van der Waals surface area contributed by atoms with Crippen molar-refractivity contribution in [3.05, 3.63) is 125 Å². The molecule has 2 N–H and O–H groups in total. The van der Waals surface area contributed by atoms with Gasteiger partial charge in [0.05, 0.1) is 22.5 Å². The van der Waals surface area contributed by atoms with E-state index >= 15 is 0 Å². The van der Waals surface area contributed by atoms with Crippen LogP contribution in [0.25, 0.3) is 33.9 Å². The third kappa shape index (κ3) is 6.27. The van der Waals surface area contributed by atoms with Crippen molar-refractivity contribution in [2.75, 3.05) is 0 Å². The molecule has 5 aromatic rings. The Morgan fingerprint density at radius 1 is 0.674 bits per heavy atom. The number of rotatable bonds is 6. The lowest BCUT2D eigenvalue weighted by Crippen LogP contribution is -2.12. The van der Waals surface area contributed by atoms with Crippen LogP contribution >= 0.6 is 0 Å². The smallest absolute Gasteiger partial charge is 0.366 e. The highest BCUT2D eigenvalue weighted by Gasteiger charge is 2.37. The molecule has 0 bridgehead atoms. The summed E-state index contributed by atoms with van der Waals surface area (Å²) in [4.78, 5) is 16.1. The van der Waals surface area contributed by atoms with Gasteiger partial charge in [0.15, 0.2) is 0 Å². The van der Waals surface area contributed by atoms with Crippen molar-refractivity contribution in [3.63, 3.8) is 0 Å². The van der Waals surface area contributed by atoms with Gasteiger partial charge in [-0.25, -0.2) is 13.8 Å². The number of nitrogens with two attached hydrogens (primary N) is 1. The van der Waals surface area contributed by atoms with Gasteiger partial charge in [0.25, 0.3) is 0 Å². The third-order valence-corrected chi connectivity index (χ3v) is 6.63. The van der Waals surface area contributed by atoms with Gasteiger partial charge >= 0.3 is 12.4 Å². The summed E-state index contributed by atoms with van der Waals surface area (Å²) in [6.45, 7) is -0.146. The molecule has 12 heteroatoms. The summed E-state index contributed by atoms with van der Waals surface area (Å²) < 4.78 is 112. The molecule has 43 heavy (non-hydrogen) atoms. The molecule has 0 saturated heterocycles. The zero-order chi connectivity index (χ0) is 31.1. The molecule has 0 spiro atoms. The van der Waals surface area contributed by atoms with Gasteiger partial charge in [0.2, 0.25) is 5.91 Å². The number of benzene rings is 4. The number of hydrogen-bond donors (Lipinski definition) is 1. The van der Waals surface area contributed by atoms with Crippen LogP contribution in [0.5, 0.6) is 0 Å². The number of carbonyl (C=O) groups excluding carboxylic acids is 1. The molecule has 220 valence electrons. The maximum absolute atomic E-state index is 13.9. The summed E-state index contributed by atoms with van der Waals surface area (Å²) in [5, 5.41) is 0. The Hall–Kier alpha value is -5.00. The third-order valence-electron chi connectivity index (χ3n) is 6.63. The quantitative estimate of drug-likeness (QED) is 0.199. The van der Waals surface area contributed by atoms with Gasteiger partial charge in [0.1, 0.15) is 17.5 Å². The highest BCUT2D eigenvalue weighted by molar-refractivity contribution is 5.92. The summed E-state index contributed by atoms with van der Waals surface area (Å²) in [6, 6.07) is 17.0. The molecule has 1 amide bonds. The second-order valence-electron chi connectivity index (χ2n) is 9.59. The predicted octanol–water partition coefficient (Wildman–Crippen LogP) is 8.35. The number of amides is 1. The highest BCUT2D eigenvalue weighted by atomic mass is 19.4. The van der Waals surface area contributed by atoms with E-state index in [4.69, 9.17) is 5.73 Å². The van der Waals surface area contributed by atoms with Crippen molar-refractivity contribution in [2.24, 2.45) is 5.73 Å². The molecule has 5 rings (SSSR count). The molecular formula is C31H19F8N3O. The van der Waals surface area contributed by atoms with Crippen LogP contribution in [0.2, 0.25) is 0 Å². The lowest BCUT2D eigenvalue weighted by Gasteiger charge is -2.17. The number of aromatic nitrogens is 2. The average Bonchev–Trinajstić information content (AvgIpc) is 3.32. The number of nitrogens with zero attached hydrogens (tertiary/aromatic N) is 2. The minimum absolute atomic E-state index is 0.0150. The Balaban J connectivity index is 1.84. The Kier molecular flexibility index (Phi) is 7.55. The molecule has 0 saturated carbocycles. The zero-order valence-corrected chi connectivity index (χ0v) is 21.8. The normalized spacial score (nSPS) is 12.0. The van der Waals surface area contributed by atoms with Gasteiger partial charge < -0.3 is 10.3 Å². The van der Waals surface area contributed by atoms with Crippen LogP contribution in [0.1, 0.15) is 27.0 Å². The standard InChI is InChI=1S/C31H19F8N3O/c32-24-9-5-18(6-10-24)26-27(19-7-11-25(33)12-8-19)42(16-17-1-3-20(4-2-17)28(40)43)29(41-26)21-13-22(30(34,35)36)15-23(14-21)31(37,38)39/h1-15H,16H2,(H2,40,43). The summed E-state index contributed by atoms with van der Waals surface area (Å²) in [5.74, 6) is -2.15. The van der Waals surface area contributed by atoms with Crippen LogP contribution in [0.3, 0.4) is 0 Å². The van der Waals surface area contributed by atoms with E-state index in [2.05, 4.69) is 4.98 Å². The molecule has 1 heterocycles. The SMILES string of the molecule is NC(=O)c1ccc(Cn2c(-c3cc(C(F)(F)F)cc(C(F)(F)F)c3)nc(-c3ccc(F)cc3)c2-c2ccc(F)cc2)cc1. The molecule has 0 unspecified atom stereocenters. The number of primary amides is 1. The van der Waals surface area contributed by atoms with E-state index in [1.165, 1.54) is 53.1 Å². The first kappa shape index (κ1) is 29.5. The lowest BCUT2D eigenvalue weighted by atomic mass is 10.0. The van der Waals surface area contributed by atoms with Gasteiger partial charge in [-0.05, 0) is 84.4 Å². The van der Waals surface area contributed by atoms with Crippen molar-refractivity contribution in [2.45, 2.75) is 18.9 Å². The van der Waals surface area contributed by atoms with E-state index in [1.807, 2.05) is 0 Å². The molecule has 0 aliphatic rings. The average molecular weight is 601 g/mol. The minimum atomic E-state index is -5.11. The van der Waals surface area contributed by atoms with Crippen molar-refractivity contribution >= 4 is 5.91 Å². The predicted molar refractivity (Wildman–Crippen MR) is 143 cm³/mol. The summed E-state index contributed by atoms with van der Waals surface area (Å²) >= 11 is 0. The number of alkyl halides is 6. The summed E-state index contributed by atoms with van der Waals surface area (Å²) in [5.41, 5.74) is 3.34. The topological polar surface area (TPSA) is 60.9 Å². The second kappa shape index (κ2) is 11.0. The molecule has 0 aliphatic heterocycles. The Bertz CT molecular complexity index is 1760. The van der Waals surface area contributed by atoms with Crippen LogP contribution in [0.4, 0.5) is 35.1 Å². The largest absolute Gasteiger partial charge is 0.416 e. The van der Waals surface area contributed by atoms with Crippen molar-refractivity contribution < 1.29 is 39.9 Å². The molecule has 0 aliphatic carbocycles. The molecule has 0 fully saturated rings. The van der Waals surface area contributed by atoms with E-state index in [9.17, 15) is 39.9 Å². The van der Waals surface area contributed by atoms with Crippen molar-refractivity contribution in [1.82, 2.24) is 9.55 Å². The van der Waals surface area contributed by atoms with E-state index in [0.717, 1.165) is 24.3 Å². The van der Waals surface area contributed by atoms with Gasteiger partial charge in [0, 0.05) is 28.8 Å². The number of carbonyl (C=O) groups is 1. The summed E-state index contributed by atoms with van der Waals surface area (Å²) in [7, 11) is 0. The Morgan fingerprint density at radius 3 is 1.63 bits per heavy atom. The van der Waals surface area contributed by atoms with E-state index in [0.29, 0.717) is 28.8 Å². The summed E-state index contributed by atoms with van der Waals surface area (Å²) in [6.07, 6.45) is -10.2. The van der Waals surface area contributed by atoms with E-state index in [-0.39, 0.29) is 35.4 Å². The van der Waals surface area contributed by atoms with Crippen LogP contribution in [0, 0.1) is 11.6 Å². The lowest BCUT2D eigenvalue weighted by molar-refractivity contribution is -0.143. The number of halogens is 8. The maximum atomic E-state index is 13.9. The molecule has 0 atom stereocenters. The van der Waals surface area contributed by atoms with Crippen LogP contribution in [0.15, 0.2) is 91.0 Å². The van der Waals surface area contributed by atoms with Gasteiger partial charge in [-0.15, -0.1) is 0 Å². The first-order valence-corrected chi connectivity index (χ1v) is 12.5.